The number of hydrogen-bond donors (Lipinski definition) is 1. The Labute approximate surface area is 148 Å². The van der Waals surface area contributed by atoms with Gasteiger partial charge in [0.1, 0.15) is 5.25 Å². The van der Waals surface area contributed by atoms with Crippen LogP contribution in [0.5, 0.6) is 0 Å². The molecule has 0 radical (unpaired) electrons. The summed E-state index contributed by atoms with van der Waals surface area (Å²) in [6.45, 7) is 0.930. The van der Waals surface area contributed by atoms with Gasteiger partial charge in [0.05, 0.1) is 12.5 Å². The van der Waals surface area contributed by atoms with E-state index in [0.29, 0.717) is 0 Å². The molecule has 2 amide bonds. The Morgan fingerprint density at radius 2 is 2.04 bits per heavy atom. The van der Waals surface area contributed by atoms with Crippen LogP contribution in [-0.2, 0) is 16.6 Å². The highest BCUT2D eigenvalue weighted by atomic mass is 32.2. The number of carbonyl (C=O) groups is 1. The number of hydrogen-bond acceptors (Lipinski definition) is 4. The van der Waals surface area contributed by atoms with Gasteiger partial charge in [-0.15, -0.1) is 11.3 Å². The summed E-state index contributed by atoms with van der Waals surface area (Å²) in [7, 11) is -1.78. The predicted octanol–water partition coefficient (Wildman–Crippen LogP) is 2.02. The van der Waals surface area contributed by atoms with Crippen LogP contribution in [0.4, 0.5) is 18.0 Å². The van der Waals surface area contributed by atoms with Crippen LogP contribution in [0.3, 0.4) is 0 Å². The van der Waals surface area contributed by atoms with Crippen molar-refractivity contribution in [2.75, 3.05) is 27.2 Å². The lowest BCUT2D eigenvalue weighted by atomic mass is 10.1. The van der Waals surface area contributed by atoms with E-state index in [-0.39, 0.29) is 6.54 Å². The molecule has 0 unspecified atom stereocenters. The van der Waals surface area contributed by atoms with Gasteiger partial charge in [0.2, 0.25) is 10.0 Å². The second kappa shape index (κ2) is 7.12. The molecular weight excluding hydrogens is 379 g/mol. The molecule has 1 aromatic heterocycles. The highest BCUT2D eigenvalue weighted by Crippen LogP contribution is 2.37. The minimum atomic E-state index is -4.70. The minimum Gasteiger partial charge on any atom is -0.333 e. The van der Waals surface area contributed by atoms with Crippen molar-refractivity contribution in [2.45, 2.75) is 24.9 Å². The molecule has 2 heterocycles. The fourth-order valence-electron chi connectivity index (χ4n) is 2.68. The van der Waals surface area contributed by atoms with Gasteiger partial charge in [0.25, 0.3) is 0 Å². The van der Waals surface area contributed by atoms with Gasteiger partial charge in [-0.25, -0.2) is 17.5 Å². The maximum Gasteiger partial charge on any atom is 0.394 e. The molecule has 1 N–H and O–H groups in total. The first-order valence-electron chi connectivity index (χ1n) is 7.47. The van der Waals surface area contributed by atoms with Gasteiger partial charge in [-0.3, -0.25) is 0 Å². The lowest BCUT2D eigenvalue weighted by Gasteiger charge is -2.23. The van der Waals surface area contributed by atoms with Crippen molar-refractivity contribution < 1.29 is 26.4 Å². The summed E-state index contributed by atoms with van der Waals surface area (Å²) < 4.78 is 65.0. The molecule has 2 atom stereocenters. The Morgan fingerprint density at radius 1 is 1.40 bits per heavy atom. The second-order valence-electron chi connectivity index (χ2n) is 6.17. The summed E-state index contributed by atoms with van der Waals surface area (Å²) in [4.78, 5) is 14.0. The van der Waals surface area contributed by atoms with Crippen molar-refractivity contribution in [1.82, 2.24) is 14.5 Å². The number of aryl methyl sites for hydroxylation is 1. The van der Waals surface area contributed by atoms with Gasteiger partial charge in [-0.1, -0.05) is 0 Å². The Hall–Kier alpha value is -1.33. The third-order valence-electron chi connectivity index (χ3n) is 4.06. The zero-order valence-corrected chi connectivity index (χ0v) is 15.6. The summed E-state index contributed by atoms with van der Waals surface area (Å²) in [5, 5.41) is 2.75. The molecule has 0 saturated carbocycles. The molecule has 1 aliphatic rings. The van der Waals surface area contributed by atoms with Crippen LogP contribution in [0.25, 0.3) is 0 Å². The first kappa shape index (κ1) is 20.0. The van der Waals surface area contributed by atoms with Crippen LogP contribution >= 0.6 is 11.3 Å². The number of nitrogens with one attached hydrogen (secondary N) is 1. The van der Waals surface area contributed by atoms with Gasteiger partial charge in [-0.05, 0) is 23.9 Å². The maximum atomic E-state index is 13.3. The van der Waals surface area contributed by atoms with E-state index in [1.165, 1.54) is 25.4 Å². The number of thiophene rings is 1. The monoisotopic (exact) mass is 399 g/mol. The fourth-order valence-corrected chi connectivity index (χ4v) is 5.06. The number of rotatable bonds is 4. The van der Waals surface area contributed by atoms with Crippen molar-refractivity contribution >= 4 is 27.4 Å². The highest BCUT2D eigenvalue weighted by Gasteiger charge is 2.55. The molecule has 1 fully saturated rings. The number of amides is 2. The number of halogens is 3. The third kappa shape index (κ3) is 4.45. The number of urea groups is 1. The standard InChI is InChI=1S/C14H20F3N3O3S2/c1-9-4-10(24-8-9)5-18-13(21)20-6-11(14(15,16)17)12(7-20)25(22,23)19(2)3/h4,8,11-12H,5-7H2,1-3H3,(H,18,21)/t11-,12-/m1/s1. The molecule has 1 aromatic rings. The van der Waals surface area contributed by atoms with E-state index in [0.717, 1.165) is 19.6 Å². The van der Waals surface area contributed by atoms with Gasteiger partial charge < -0.3 is 10.2 Å². The Bertz CT molecular complexity index is 731. The molecule has 1 saturated heterocycles. The average Bonchev–Trinajstić information content (AvgIpc) is 3.10. The largest absolute Gasteiger partial charge is 0.394 e. The molecular formula is C14H20F3N3O3S2. The second-order valence-corrected chi connectivity index (χ2v) is 9.53. The number of nitrogens with zero attached hydrogens (tertiary/aromatic N) is 2. The van der Waals surface area contributed by atoms with E-state index in [9.17, 15) is 26.4 Å². The molecule has 142 valence electrons. The molecule has 0 bridgehead atoms. The van der Waals surface area contributed by atoms with Gasteiger partial charge in [0, 0.05) is 32.1 Å². The van der Waals surface area contributed by atoms with Crippen molar-refractivity contribution in [3.8, 4) is 0 Å². The number of sulfonamides is 1. The number of carbonyl (C=O) groups excluding carboxylic acids is 1. The summed E-state index contributed by atoms with van der Waals surface area (Å²) in [6.07, 6.45) is -4.70. The van der Waals surface area contributed by atoms with E-state index in [4.69, 9.17) is 0 Å². The molecule has 25 heavy (non-hydrogen) atoms. The lowest BCUT2D eigenvalue weighted by molar-refractivity contribution is -0.169. The molecule has 1 aliphatic heterocycles. The van der Waals surface area contributed by atoms with Gasteiger partial charge in [0.15, 0.2) is 0 Å². The van der Waals surface area contributed by atoms with Crippen LogP contribution in [0.15, 0.2) is 11.4 Å². The smallest absolute Gasteiger partial charge is 0.333 e. The summed E-state index contributed by atoms with van der Waals surface area (Å²) in [6, 6.07) is 1.17. The minimum absolute atomic E-state index is 0.190. The zero-order valence-electron chi connectivity index (χ0n) is 14.0. The zero-order chi connectivity index (χ0) is 19.0. The molecule has 0 aliphatic carbocycles. The molecule has 2 rings (SSSR count). The van der Waals surface area contributed by atoms with Crippen molar-refractivity contribution in [3.05, 3.63) is 21.9 Å². The molecule has 0 aromatic carbocycles. The maximum absolute atomic E-state index is 13.3. The van der Waals surface area contributed by atoms with Crippen LogP contribution in [0, 0.1) is 12.8 Å². The van der Waals surface area contributed by atoms with E-state index in [1.54, 1.807) is 0 Å². The third-order valence-corrected chi connectivity index (χ3v) is 7.38. The van der Waals surface area contributed by atoms with Crippen LogP contribution in [0.1, 0.15) is 10.4 Å². The van der Waals surface area contributed by atoms with E-state index < -0.39 is 46.5 Å². The quantitative estimate of drug-likeness (QED) is 0.842. The summed E-state index contributed by atoms with van der Waals surface area (Å²) in [5.74, 6) is -2.10. The van der Waals surface area contributed by atoms with E-state index in [2.05, 4.69) is 5.32 Å². The first-order chi connectivity index (χ1) is 11.4. The average molecular weight is 399 g/mol. The Morgan fingerprint density at radius 3 is 2.52 bits per heavy atom. The fraction of sp³-hybridized carbons (Fsp3) is 0.643. The highest BCUT2D eigenvalue weighted by molar-refractivity contribution is 7.89. The molecule has 11 heteroatoms. The molecule has 0 spiro atoms. The Balaban J connectivity index is 2.11. The van der Waals surface area contributed by atoms with Crippen molar-refractivity contribution in [1.29, 1.82) is 0 Å². The number of alkyl halides is 3. The topological polar surface area (TPSA) is 69.7 Å². The summed E-state index contributed by atoms with van der Waals surface area (Å²) in [5.41, 5.74) is 1.03. The Kier molecular flexibility index (Phi) is 5.69. The van der Waals surface area contributed by atoms with Crippen molar-refractivity contribution in [3.63, 3.8) is 0 Å². The summed E-state index contributed by atoms with van der Waals surface area (Å²) >= 11 is 1.43. The van der Waals surface area contributed by atoms with Gasteiger partial charge >= 0.3 is 12.2 Å². The van der Waals surface area contributed by atoms with Crippen LogP contribution in [0.2, 0.25) is 0 Å². The first-order valence-corrected chi connectivity index (χ1v) is 9.86. The van der Waals surface area contributed by atoms with E-state index >= 15 is 0 Å². The predicted molar refractivity (Wildman–Crippen MR) is 88.8 cm³/mol. The van der Waals surface area contributed by atoms with Gasteiger partial charge in [-0.2, -0.15) is 13.2 Å². The van der Waals surface area contributed by atoms with E-state index in [1.807, 2.05) is 18.4 Å². The molecule has 6 nitrogen and oxygen atoms in total. The SMILES string of the molecule is Cc1csc(CNC(=O)N2C[C@@H](C(F)(F)F)[C@H](S(=O)(=O)N(C)C)C2)c1. The van der Waals surface area contributed by atoms with Crippen molar-refractivity contribution in [2.24, 2.45) is 5.92 Å². The van der Waals surface area contributed by atoms with Crippen LogP contribution < -0.4 is 5.32 Å². The number of likely N-dealkylation sites (tertiary alicyclic amines) is 1. The van der Waals surface area contributed by atoms with Crippen LogP contribution in [-0.4, -0.2) is 62.3 Å². The lowest BCUT2D eigenvalue weighted by Crippen LogP contribution is -2.43. The normalized spacial score (nSPS) is 21.8.